The van der Waals surface area contributed by atoms with Crippen LogP contribution in [0.3, 0.4) is 0 Å². The van der Waals surface area contributed by atoms with E-state index in [1.54, 1.807) is 6.07 Å². The van der Waals surface area contributed by atoms with Gasteiger partial charge in [-0.25, -0.2) is 0 Å². The van der Waals surface area contributed by atoms with Gasteiger partial charge in [-0.05, 0) is 50.7 Å². The molecule has 4 rings (SSSR count). The summed E-state index contributed by atoms with van der Waals surface area (Å²) >= 11 is 0. The van der Waals surface area contributed by atoms with Crippen LogP contribution in [0.2, 0.25) is 0 Å². The lowest BCUT2D eigenvalue weighted by molar-refractivity contribution is -0.125. The van der Waals surface area contributed by atoms with E-state index >= 15 is 0 Å². The van der Waals surface area contributed by atoms with Crippen LogP contribution in [-0.4, -0.2) is 54.0 Å². The molecule has 3 atom stereocenters. The zero-order valence-corrected chi connectivity index (χ0v) is 15.6. The third kappa shape index (κ3) is 3.97. The van der Waals surface area contributed by atoms with Crippen molar-refractivity contribution in [1.29, 1.82) is 0 Å². The summed E-state index contributed by atoms with van der Waals surface area (Å²) < 4.78 is 29.8. The molecule has 0 aromatic heterocycles. The molecule has 3 fully saturated rings. The van der Waals surface area contributed by atoms with E-state index in [9.17, 15) is 18.4 Å². The fourth-order valence-corrected chi connectivity index (χ4v) is 4.75. The Hall–Kier alpha value is -2.22. The molecule has 2 amide bonds. The van der Waals surface area contributed by atoms with Gasteiger partial charge in [-0.1, -0.05) is 12.1 Å². The number of alkyl halides is 2. The Morgan fingerprint density at radius 2 is 1.86 bits per heavy atom. The third-order valence-electron chi connectivity index (χ3n) is 5.97. The lowest BCUT2D eigenvalue weighted by Crippen LogP contribution is -2.53. The van der Waals surface area contributed by atoms with Crippen LogP contribution < -0.4 is 15.4 Å². The number of hydrogen-bond donors (Lipinski definition) is 2. The molecule has 8 heteroatoms. The maximum atomic E-state index is 13.0. The molecule has 2 bridgehead atoms. The maximum absolute atomic E-state index is 13.0. The van der Waals surface area contributed by atoms with Crippen LogP contribution in [0.5, 0.6) is 5.75 Å². The molecule has 0 saturated carbocycles. The summed E-state index contributed by atoms with van der Waals surface area (Å²) in [6, 6.07) is 6.41. The highest BCUT2D eigenvalue weighted by atomic mass is 19.3. The molecule has 3 aliphatic rings. The summed E-state index contributed by atoms with van der Waals surface area (Å²) in [4.78, 5) is 27.3. The Kier molecular flexibility index (Phi) is 5.48. The molecule has 152 valence electrons. The van der Waals surface area contributed by atoms with Crippen molar-refractivity contribution in [2.45, 2.75) is 69.3 Å². The van der Waals surface area contributed by atoms with Crippen LogP contribution in [0.25, 0.3) is 0 Å². The van der Waals surface area contributed by atoms with E-state index in [0.717, 1.165) is 25.7 Å². The number of rotatable bonds is 5. The number of para-hydroxylation sites is 1. The molecular weight excluding hydrogens is 368 g/mol. The van der Waals surface area contributed by atoms with Crippen LogP contribution in [0.15, 0.2) is 24.3 Å². The number of benzene rings is 1. The standard InChI is InChI=1S/C20H25F2N3O3/c21-20(22)28-17-6-2-1-4-15(17)19(27)25-9-3-5-16(25)18(26)24-14-10-12-7-8-13(11-14)23-12/h1-2,4,6,12-14,16,20,23H,3,5,7-11H2,(H,24,26). The summed E-state index contributed by atoms with van der Waals surface area (Å²) in [6.07, 6.45) is 5.40. The van der Waals surface area contributed by atoms with Gasteiger partial charge < -0.3 is 20.3 Å². The van der Waals surface area contributed by atoms with Gasteiger partial charge in [0, 0.05) is 24.7 Å². The Labute approximate surface area is 162 Å². The second-order valence-corrected chi connectivity index (χ2v) is 7.85. The van der Waals surface area contributed by atoms with Crippen molar-refractivity contribution in [2.75, 3.05) is 6.54 Å². The zero-order valence-electron chi connectivity index (χ0n) is 15.6. The lowest BCUT2D eigenvalue weighted by Gasteiger charge is -2.32. The summed E-state index contributed by atoms with van der Waals surface area (Å²) in [5.41, 5.74) is 0.0578. The fourth-order valence-electron chi connectivity index (χ4n) is 4.75. The molecule has 3 saturated heterocycles. The highest BCUT2D eigenvalue weighted by molar-refractivity contribution is 6.00. The molecular formula is C20H25F2N3O3. The number of carbonyl (C=O) groups excluding carboxylic acids is 2. The number of likely N-dealkylation sites (tertiary alicyclic amines) is 1. The first-order valence-corrected chi connectivity index (χ1v) is 9.92. The zero-order chi connectivity index (χ0) is 19.7. The average molecular weight is 393 g/mol. The van der Waals surface area contributed by atoms with Gasteiger partial charge in [0.1, 0.15) is 11.8 Å². The number of fused-ring (bicyclic) bond motifs is 2. The largest absolute Gasteiger partial charge is 0.434 e. The minimum Gasteiger partial charge on any atom is -0.434 e. The van der Waals surface area contributed by atoms with Crippen LogP contribution >= 0.6 is 0 Å². The van der Waals surface area contributed by atoms with E-state index in [2.05, 4.69) is 15.4 Å². The van der Waals surface area contributed by atoms with E-state index < -0.39 is 18.6 Å². The number of amides is 2. The first kappa shape index (κ1) is 19.1. The molecule has 2 N–H and O–H groups in total. The summed E-state index contributed by atoms with van der Waals surface area (Å²) in [5.74, 6) is -0.757. The van der Waals surface area contributed by atoms with Gasteiger partial charge in [0.05, 0.1) is 5.56 Å². The Balaban J connectivity index is 1.44. The molecule has 28 heavy (non-hydrogen) atoms. The van der Waals surface area contributed by atoms with Gasteiger partial charge in [-0.3, -0.25) is 9.59 Å². The predicted octanol–water partition coefficient (Wildman–Crippen LogP) is 2.29. The number of ether oxygens (including phenoxy) is 1. The van der Waals surface area contributed by atoms with E-state index in [1.807, 2.05) is 0 Å². The van der Waals surface area contributed by atoms with Gasteiger partial charge in [-0.2, -0.15) is 8.78 Å². The van der Waals surface area contributed by atoms with Crippen LogP contribution in [0, 0.1) is 0 Å². The molecule has 1 aromatic carbocycles. The van der Waals surface area contributed by atoms with Gasteiger partial charge in [-0.15, -0.1) is 0 Å². The molecule has 3 aliphatic heterocycles. The van der Waals surface area contributed by atoms with Gasteiger partial charge in [0.15, 0.2) is 0 Å². The van der Waals surface area contributed by atoms with Gasteiger partial charge in [0.25, 0.3) is 5.91 Å². The first-order valence-electron chi connectivity index (χ1n) is 9.92. The minimum atomic E-state index is -3.01. The van der Waals surface area contributed by atoms with Crippen molar-refractivity contribution >= 4 is 11.8 Å². The van der Waals surface area contributed by atoms with Crippen molar-refractivity contribution in [1.82, 2.24) is 15.5 Å². The average Bonchev–Trinajstić information content (AvgIpc) is 3.28. The molecule has 1 aromatic rings. The van der Waals surface area contributed by atoms with E-state index in [0.29, 0.717) is 31.5 Å². The van der Waals surface area contributed by atoms with Crippen molar-refractivity contribution in [3.63, 3.8) is 0 Å². The van der Waals surface area contributed by atoms with Crippen molar-refractivity contribution in [2.24, 2.45) is 0 Å². The quantitative estimate of drug-likeness (QED) is 0.805. The highest BCUT2D eigenvalue weighted by Crippen LogP contribution is 2.29. The number of carbonyl (C=O) groups is 2. The molecule has 3 heterocycles. The second kappa shape index (κ2) is 8.03. The predicted molar refractivity (Wildman–Crippen MR) is 98.2 cm³/mol. The number of nitrogens with zero attached hydrogens (tertiary/aromatic N) is 1. The van der Waals surface area contributed by atoms with Crippen molar-refractivity contribution < 1.29 is 23.1 Å². The van der Waals surface area contributed by atoms with E-state index in [4.69, 9.17) is 0 Å². The SMILES string of the molecule is O=C(NC1CC2CCC(C1)N2)C1CCCN1C(=O)c1ccccc1OC(F)F. The van der Waals surface area contributed by atoms with Crippen LogP contribution in [0.1, 0.15) is 48.9 Å². The Morgan fingerprint density at radius 3 is 2.57 bits per heavy atom. The molecule has 0 radical (unpaired) electrons. The van der Waals surface area contributed by atoms with Crippen LogP contribution in [-0.2, 0) is 4.79 Å². The van der Waals surface area contributed by atoms with Gasteiger partial charge in [0.2, 0.25) is 5.91 Å². The third-order valence-corrected chi connectivity index (χ3v) is 5.97. The monoisotopic (exact) mass is 393 g/mol. The number of halogens is 2. The van der Waals surface area contributed by atoms with Crippen molar-refractivity contribution in [3.8, 4) is 5.75 Å². The summed E-state index contributed by atoms with van der Waals surface area (Å²) in [5, 5.41) is 6.66. The van der Waals surface area contributed by atoms with E-state index in [-0.39, 0.29) is 23.3 Å². The Bertz CT molecular complexity index is 733. The lowest BCUT2D eigenvalue weighted by atomic mass is 9.99. The maximum Gasteiger partial charge on any atom is 0.387 e. The number of hydrogen-bond acceptors (Lipinski definition) is 4. The summed E-state index contributed by atoms with van der Waals surface area (Å²) in [7, 11) is 0. The molecule has 6 nitrogen and oxygen atoms in total. The second-order valence-electron chi connectivity index (χ2n) is 7.85. The molecule has 0 aliphatic carbocycles. The van der Waals surface area contributed by atoms with E-state index in [1.165, 1.54) is 23.1 Å². The van der Waals surface area contributed by atoms with Crippen LogP contribution in [0.4, 0.5) is 8.78 Å². The summed E-state index contributed by atoms with van der Waals surface area (Å²) in [6.45, 7) is -2.58. The smallest absolute Gasteiger partial charge is 0.387 e. The van der Waals surface area contributed by atoms with Gasteiger partial charge >= 0.3 is 6.61 Å². The Morgan fingerprint density at radius 1 is 1.14 bits per heavy atom. The first-order chi connectivity index (χ1) is 13.5. The number of nitrogens with one attached hydrogen (secondary N) is 2. The molecule has 0 spiro atoms. The van der Waals surface area contributed by atoms with Crippen molar-refractivity contribution in [3.05, 3.63) is 29.8 Å². The minimum absolute atomic E-state index is 0.0578. The molecule has 3 unspecified atom stereocenters. The number of piperidine rings is 1. The normalized spacial score (nSPS) is 29.2. The topological polar surface area (TPSA) is 70.7 Å². The fraction of sp³-hybridized carbons (Fsp3) is 0.600. The highest BCUT2D eigenvalue weighted by Gasteiger charge is 2.39.